The Balaban J connectivity index is 1.10. The number of likely N-dealkylation sites (tertiary alicyclic amines) is 1. The number of aromatic nitrogens is 1. The number of nitrogens with zero attached hydrogens (tertiary/aromatic N) is 5. The molecule has 51 heavy (non-hydrogen) atoms. The molecule has 14 heteroatoms. The number of ether oxygens (including phenoxy) is 1. The summed E-state index contributed by atoms with van der Waals surface area (Å²) in [6, 6.07) is 11.1. The van der Waals surface area contributed by atoms with Crippen molar-refractivity contribution in [3.8, 4) is 11.8 Å². The fourth-order valence-corrected chi connectivity index (χ4v) is 8.22. The third kappa shape index (κ3) is 11.3. The second-order valence-corrected chi connectivity index (χ2v) is 16.9. The molecule has 0 radical (unpaired) electrons. The van der Waals surface area contributed by atoms with Gasteiger partial charge in [0.25, 0.3) is 0 Å². The first kappa shape index (κ1) is 38.8. The van der Waals surface area contributed by atoms with Gasteiger partial charge in [0.2, 0.25) is 0 Å². The maximum atomic E-state index is 12.5. The highest BCUT2D eigenvalue weighted by Gasteiger charge is 2.34. The van der Waals surface area contributed by atoms with Gasteiger partial charge >= 0.3 is 16.3 Å². The first-order chi connectivity index (χ1) is 24.1. The van der Waals surface area contributed by atoms with Crippen molar-refractivity contribution in [2.45, 2.75) is 97.0 Å². The third-order valence-electron chi connectivity index (χ3n) is 9.13. The molecule has 0 spiro atoms. The maximum absolute atomic E-state index is 12.5. The summed E-state index contributed by atoms with van der Waals surface area (Å²) >= 11 is 6.78. The predicted octanol–water partition coefficient (Wildman–Crippen LogP) is 4.53. The van der Waals surface area contributed by atoms with Gasteiger partial charge in [0, 0.05) is 62.1 Å². The van der Waals surface area contributed by atoms with Crippen LogP contribution < -0.4 is 19.7 Å². The van der Waals surface area contributed by atoms with Gasteiger partial charge in [-0.3, -0.25) is 14.8 Å². The lowest BCUT2D eigenvalue weighted by atomic mass is 9.97. The van der Waals surface area contributed by atoms with Crippen LogP contribution in [-0.4, -0.2) is 104 Å². The quantitative estimate of drug-likeness (QED) is 0.301. The Morgan fingerprint density at radius 3 is 2.45 bits per heavy atom. The summed E-state index contributed by atoms with van der Waals surface area (Å²) < 4.78 is 34.2. The molecule has 0 unspecified atom stereocenters. The summed E-state index contributed by atoms with van der Waals surface area (Å²) in [6.45, 7) is 17.9. The van der Waals surface area contributed by atoms with E-state index in [1.54, 1.807) is 34.6 Å². The molecule has 0 aliphatic carbocycles. The SMILES string of the molecule is CCC[C@H]1CN(c2ncc(C3=NCCN3)cc2Cl)CCN1C1CCN(Cc2ccc(C#CC(C)(C)NS(=O)(=O)NC(=O)OC(C)(C)C)cc2)CC1. The lowest BCUT2D eigenvalue weighted by Gasteiger charge is -2.48. The summed E-state index contributed by atoms with van der Waals surface area (Å²) in [4.78, 5) is 28.9. The van der Waals surface area contributed by atoms with Crippen LogP contribution in [0.3, 0.4) is 0 Å². The van der Waals surface area contributed by atoms with Gasteiger partial charge in [-0.15, -0.1) is 0 Å². The Morgan fingerprint density at radius 1 is 1.10 bits per heavy atom. The standard InChI is InChI=1S/C37H53ClN8O4S/c1-7-8-31-26-45(34-32(38)23-29(24-41-34)33-39-17-18-40-33)21-22-46(31)30-14-19-44(20-15-30)25-28-11-9-27(10-12-28)13-16-37(5,6)43-51(48,49)42-35(47)50-36(2,3)4/h9-12,23-24,30-31,43H,7-8,14-15,17-22,25-26H2,1-6H3,(H,39,40)(H,42,47)/t31-/m0/s1. The highest BCUT2D eigenvalue weighted by Crippen LogP contribution is 2.30. The van der Waals surface area contributed by atoms with Crippen molar-refractivity contribution >= 4 is 39.6 Å². The fourth-order valence-electron chi connectivity index (χ4n) is 6.90. The molecule has 3 aliphatic heterocycles. The van der Waals surface area contributed by atoms with E-state index in [1.807, 2.05) is 29.1 Å². The Labute approximate surface area is 308 Å². The molecule has 1 amide bonds. The number of amides is 1. The number of pyridine rings is 1. The van der Waals surface area contributed by atoms with Gasteiger partial charge in [-0.25, -0.2) is 14.5 Å². The molecule has 2 aromatic rings. The van der Waals surface area contributed by atoms with Crippen LogP contribution in [0.1, 0.15) is 83.9 Å². The predicted molar refractivity (Wildman–Crippen MR) is 203 cm³/mol. The van der Waals surface area contributed by atoms with Crippen LogP contribution in [0.25, 0.3) is 0 Å². The van der Waals surface area contributed by atoms with Gasteiger partial charge < -0.3 is 15.0 Å². The lowest BCUT2D eigenvalue weighted by molar-refractivity contribution is 0.0569. The zero-order valence-electron chi connectivity index (χ0n) is 30.8. The summed E-state index contributed by atoms with van der Waals surface area (Å²) in [5.41, 5.74) is 0.985. The lowest BCUT2D eigenvalue weighted by Crippen LogP contribution is -2.58. The number of piperazine rings is 1. The first-order valence-corrected chi connectivity index (χ1v) is 19.8. The number of hydrogen-bond donors (Lipinski definition) is 3. The fraction of sp³-hybridized carbons (Fsp3) is 0.595. The molecule has 12 nitrogen and oxygen atoms in total. The molecule has 2 saturated heterocycles. The molecule has 0 bridgehead atoms. The number of piperidine rings is 1. The van der Waals surface area contributed by atoms with E-state index in [1.165, 1.54) is 5.56 Å². The van der Waals surface area contributed by atoms with Gasteiger partial charge in [-0.05, 0) is 90.7 Å². The van der Waals surface area contributed by atoms with E-state index in [0.717, 1.165) is 101 Å². The molecule has 3 aliphatic rings. The summed E-state index contributed by atoms with van der Waals surface area (Å²) in [5.74, 6) is 7.76. The number of carbonyl (C=O) groups excluding carboxylic acids is 1. The average molecular weight is 741 g/mol. The Bertz CT molecular complexity index is 1730. The third-order valence-corrected chi connectivity index (χ3v) is 10.6. The largest absolute Gasteiger partial charge is 0.443 e. The number of nitrogens with one attached hydrogen (secondary N) is 3. The van der Waals surface area contributed by atoms with Crippen molar-refractivity contribution in [3.05, 3.63) is 58.2 Å². The second kappa shape index (κ2) is 16.5. The molecular formula is C37H53ClN8O4S. The number of carbonyl (C=O) groups is 1. The zero-order valence-corrected chi connectivity index (χ0v) is 32.3. The van der Waals surface area contributed by atoms with E-state index in [4.69, 9.17) is 21.3 Å². The van der Waals surface area contributed by atoms with Crippen LogP contribution in [0.5, 0.6) is 0 Å². The van der Waals surface area contributed by atoms with Crippen molar-refractivity contribution in [1.29, 1.82) is 0 Å². The van der Waals surface area contributed by atoms with E-state index in [2.05, 4.69) is 60.6 Å². The molecule has 4 heterocycles. The molecule has 278 valence electrons. The van der Waals surface area contributed by atoms with Crippen molar-refractivity contribution in [2.24, 2.45) is 4.99 Å². The van der Waals surface area contributed by atoms with Gasteiger partial charge in [0.1, 0.15) is 17.3 Å². The molecule has 2 fully saturated rings. The van der Waals surface area contributed by atoms with Gasteiger partial charge in [-0.2, -0.15) is 13.1 Å². The number of hydrogen-bond acceptors (Lipinski definition) is 10. The maximum Gasteiger partial charge on any atom is 0.422 e. The smallest absolute Gasteiger partial charge is 0.422 e. The van der Waals surface area contributed by atoms with Crippen molar-refractivity contribution in [3.63, 3.8) is 0 Å². The number of aliphatic imine (C=N–C) groups is 1. The van der Waals surface area contributed by atoms with Crippen molar-refractivity contribution in [1.82, 2.24) is 29.5 Å². The highest BCUT2D eigenvalue weighted by atomic mass is 35.5. The normalized spacial score (nSPS) is 19.5. The average Bonchev–Trinajstić information content (AvgIpc) is 3.59. The van der Waals surface area contributed by atoms with Crippen LogP contribution in [0.15, 0.2) is 41.5 Å². The molecular weight excluding hydrogens is 688 g/mol. The second-order valence-electron chi connectivity index (χ2n) is 15.1. The van der Waals surface area contributed by atoms with Gasteiger partial charge in [0.15, 0.2) is 0 Å². The van der Waals surface area contributed by atoms with Crippen LogP contribution in [-0.2, 0) is 21.5 Å². The van der Waals surface area contributed by atoms with Crippen LogP contribution >= 0.6 is 11.6 Å². The van der Waals surface area contributed by atoms with E-state index in [-0.39, 0.29) is 0 Å². The topological polar surface area (TPSA) is 132 Å². The number of rotatable bonds is 10. The highest BCUT2D eigenvalue weighted by molar-refractivity contribution is 7.88. The number of anilines is 1. The molecule has 0 saturated carbocycles. The Morgan fingerprint density at radius 2 is 1.82 bits per heavy atom. The summed E-state index contributed by atoms with van der Waals surface area (Å²) in [6.07, 6.45) is 5.40. The minimum Gasteiger partial charge on any atom is -0.443 e. The first-order valence-electron chi connectivity index (χ1n) is 17.9. The van der Waals surface area contributed by atoms with E-state index >= 15 is 0 Å². The van der Waals surface area contributed by atoms with E-state index < -0.39 is 27.4 Å². The molecule has 1 atom stereocenters. The number of benzene rings is 1. The van der Waals surface area contributed by atoms with Crippen LogP contribution in [0.2, 0.25) is 5.02 Å². The van der Waals surface area contributed by atoms with E-state index in [0.29, 0.717) is 17.1 Å². The molecule has 5 rings (SSSR count). The minimum absolute atomic E-state index is 0.467. The van der Waals surface area contributed by atoms with Gasteiger partial charge in [-0.1, -0.05) is 48.9 Å². The molecule has 1 aromatic heterocycles. The Kier molecular flexibility index (Phi) is 12.6. The summed E-state index contributed by atoms with van der Waals surface area (Å²) in [5, 5.41) is 3.98. The van der Waals surface area contributed by atoms with Gasteiger partial charge in [0.05, 0.1) is 17.1 Å². The van der Waals surface area contributed by atoms with Crippen LogP contribution in [0.4, 0.5) is 10.6 Å². The minimum atomic E-state index is -4.18. The van der Waals surface area contributed by atoms with E-state index in [9.17, 15) is 13.2 Å². The Hall–Kier alpha value is -3.41. The number of amidine groups is 1. The molecule has 3 N–H and O–H groups in total. The van der Waals surface area contributed by atoms with Crippen LogP contribution in [0, 0.1) is 11.8 Å². The zero-order chi connectivity index (χ0) is 36.8. The van der Waals surface area contributed by atoms with Crippen molar-refractivity contribution < 1.29 is 17.9 Å². The molecule has 1 aromatic carbocycles. The monoisotopic (exact) mass is 740 g/mol. The summed E-state index contributed by atoms with van der Waals surface area (Å²) in [7, 11) is -4.18. The van der Waals surface area contributed by atoms with Crippen molar-refractivity contribution in [2.75, 3.05) is 50.7 Å². The number of halogens is 1.